The molecule has 1 amide bonds. The van der Waals surface area contributed by atoms with E-state index in [-0.39, 0.29) is 30.3 Å². The van der Waals surface area contributed by atoms with Gasteiger partial charge in [0.2, 0.25) is 5.91 Å². The third kappa shape index (κ3) is 2.55. The van der Waals surface area contributed by atoms with Crippen molar-refractivity contribution in [3.8, 4) is 0 Å². The number of rotatable bonds is 4. The molecule has 0 aromatic carbocycles. The number of hydrogen-bond donors (Lipinski definition) is 0. The van der Waals surface area contributed by atoms with Crippen molar-refractivity contribution >= 4 is 17.7 Å². The zero-order valence-corrected chi connectivity index (χ0v) is 12.4. The van der Waals surface area contributed by atoms with Crippen LogP contribution in [0.2, 0.25) is 0 Å². The van der Waals surface area contributed by atoms with Crippen LogP contribution in [0.4, 0.5) is 5.82 Å². The summed E-state index contributed by atoms with van der Waals surface area (Å²) in [6.45, 7) is 6.65. The van der Waals surface area contributed by atoms with E-state index in [4.69, 9.17) is 4.74 Å². The first-order valence-corrected chi connectivity index (χ1v) is 6.87. The number of carbonyl (C=O) groups is 2. The van der Waals surface area contributed by atoms with Crippen LogP contribution in [0.5, 0.6) is 0 Å². The monoisotopic (exact) mass is 279 g/mol. The summed E-state index contributed by atoms with van der Waals surface area (Å²) < 4.78 is 6.57. The Labute approximate surface area is 118 Å². The maximum absolute atomic E-state index is 12.1. The fraction of sp³-hybridized carbons (Fsp3) is 0.643. The fourth-order valence-corrected chi connectivity index (χ4v) is 2.37. The SMILES string of the molecule is COC(=O)C1CC(=O)N(c2ccnn2C(C)C(C)C)C1. The van der Waals surface area contributed by atoms with Gasteiger partial charge in [-0.15, -0.1) is 0 Å². The summed E-state index contributed by atoms with van der Waals surface area (Å²) in [5.41, 5.74) is 0. The summed E-state index contributed by atoms with van der Waals surface area (Å²) in [7, 11) is 1.35. The van der Waals surface area contributed by atoms with Gasteiger partial charge in [-0.1, -0.05) is 13.8 Å². The first kappa shape index (κ1) is 14.6. The van der Waals surface area contributed by atoms with Gasteiger partial charge in [0.05, 0.1) is 25.3 Å². The van der Waals surface area contributed by atoms with Gasteiger partial charge in [-0.3, -0.25) is 14.5 Å². The van der Waals surface area contributed by atoms with Gasteiger partial charge in [-0.2, -0.15) is 5.10 Å². The third-order valence-electron chi connectivity index (χ3n) is 3.94. The first-order valence-electron chi connectivity index (χ1n) is 6.87. The summed E-state index contributed by atoms with van der Waals surface area (Å²) in [5.74, 6) is 0.387. The minimum atomic E-state index is -0.384. The lowest BCUT2D eigenvalue weighted by Crippen LogP contribution is -2.30. The van der Waals surface area contributed by atoms with Gasteiger partial charge < -0.3 is 4.74 Å². The van der Waals surface area contributed by atoms with E-state index in [2.05, 4.69) is 25.9 Å². The van der Waals surface area contributed by atoms with E-state index in [0.29, 0.717) is 12.5 Å². The molecule has 110 valence electrons. The van der Waals surface area contributed by atoms with Crippen molar-refractivity contribution in [1.29, 1.82) is 0 Å². The Kier molecular flexibility index (Phi) is 4.11. The quantitative estimate of drug-likeness (QED) is 0.786. The molecule has 0 bridgehead atoms. The molecule has 20 heavy (non-hydrogen) atoms. The smallest absolute Gasteiger partial charge is 0.311 e. The average Bonchev–Trinajstić information content (AvgIpc) is 3.02. The van der Waals surface area contributed by atoms with Gasteiger partial charge in [-0.05, 0) is 12.8 Å². The van der Waals surface area contributed by atoms with E-state index in [9.17, 15) is 9.59 Å². The number of carbonyl (C=O) groups excluding carboxylic acids is 2. The highest BCUT2D eigenvalue weighted by molar-refractivity contribution is 5.98. The third-order valence-corrected chi connectivity index (χ3v) is 3.94. The van der Waals surface area contributed by atoms with Gasteiger partial charge in [0, 0.05) is 19.0 Å². The lowest BCUT2D eigenvalue weighted by molar-refractivity contribution is -0.145. The molecule has 1 saturated heterocycles. The highest BCUT2D eigenvalue weighted by Gasteiger charge is 2.37. The summed E-state index contributed by atoms with van der Waals surface area (Å²) >= 11 is 0. The molecule has 2 unspecified atom stereocenters. The van der Waals surface area contributed by atoms with Crippen LogP contribution in [-0.4, -0.2) is 35.3 Å². The van der Waals surface area contributed by atoms with Crippen molar-refractivity contribution in [2.75, 3.05) is 18.6 Å². The molecule has 2 heterocycles. The maximum Gasteiger partial charge on any atom is 0.311 e. The summed E-state index contributed by atoms with van der Waals surface area (Å²) in [6, 6.07) is 2.00. The van der Waals surface area contributed by atoms with E-state index < -0.39 is 0 Å². The minimum absolute atomic E-state index is 0.0573. The van der Waals surface area contributed by atoms with Crippen LogP contribution in [0.25, 0.3) is 0 Å². The Morgan fingerprint density at radius 1 is 1.45 bits per heavy atom. The number of anilines is 1. The second-order valence-electron chi connectivity index (χ2n) is 5.55. The topological polar surface area (TPSA) is 64.4 Å². The molecule has 1 aliphatic heterocycles. The van der Waals surface area contributed by atoms with E-state index in [1.807, 2.05) is 10.7 Å². The van der Waals surface area contributed by atoms with Crippen molar-refractivity contribution in [1.82, 2.24) is 9.78 Å². The number of amides is 1. The number of nitrogens with zero attached hydrogens (tertiary/aromatic N) is 3. The zero-order chi connectivity index (χ0) is 14.9. The average molecular weight is 279 g/mol. The van der Waals surface area contributed by atoms with Crippen molar-refractivity contribution < 1.29 is 14.3 Å². The molecule has 0 N–H and O–H groups in total. The van der Waals surface area contributed by atoms with E-state index in [1.54, 1.807) is 11.1 Å². The molecular weight excluding hydrogens is 258 g/mol. The Morgan fingerprint density at radius 3 is 2.75 bits per heavy atom. The number of hydrogen-bond acceptors (Lipinski definition) is 4. The van der Waals surface area contributed by atoms with Crippen LogP contribution in [-0.2, 0) is 14.3 Å². The molecule has 6 nitrogen and oxygen atoms in total. The highest BCUT2D eigenvalue weighted by atomic mass is 16.5. The standard InChI is InChI=1S/C14H21N3O3/c1-9(2)10(3)17-12(5-6-15-17)16-8-11(7-13(16)18)14(19)20-4/h5-6,9-11H,7-8H2,1-4H3. The van der Waals surface area contributed by atoms with Crippen molar-refractivity contribution in [3.63, 3.8) is 0 Å². The molecule has 0 aliphatic carbocycles. The Hall–Kier alpha value is -1.85. The molecule has 1 aliphatic rings. The second-order valence-corrected chi connectivity index (χ2v) is 5.55. The molecule has 0 spiro atoms. The molecule has 2 atom stereocenters. The minimum Gasteiger partial charge on any atom is -0.469 e. The van der Waals surface area contributed by atoms with Crippen molar-refractivity contribution in [2.24, 2.45) is 11.8 Å². The normalized spacial score (nSPS) is 20.6. The van der Waals surface area contributed by atoms with Crippen LogP contribution in [0.3, 0.4) is 0 Å². The van der Waals surface area contributed by atoms with Gasteiger partial charge in [-0.25, -0.2) is 4.68 Å². The van der Waals surface area contributed by atoms with E-state index in [0.717, 1.165) is 5.82 Å². The lowest BCUT2D eigenvalue weighted by Gasteiger charge is -2.23. The Morgan fingerprint density at radius 2 is 2.15 bits per heavy atom. The van der Waals surface area contributed by atoms with Crippen molar-refractivity contribution in [3.05, 3.63) is 12.3 Å². The largest absolute Gasteiger partial charge is 0.469 e. The van der Waals surface area contributed by atoms with Gasteiger partial charge in [0.25, 0.3) is 0 Å². The summed E-state index contributed by atoms with van der Waals surface area (Å²) in [6.07, 6.45) is 1.89. The predicted octanol–water partition coefficient (Wildman–Crippen LogP) is 1.63. The lowest BCUT2D eigenvalue weighted by atomic mass is 10.1. The zero-order valence-electron chi connectivity index (χ0n) is 12.4. The molecule has 1 aromatic heterocycles. The molecule has 2 rings (SSSR count). The van der Waals surface area contributed by atoms with Crippen LogP contribution in [0.15, 0.2) is 12.3 Å². The maximum atomic E-state index is 12.1. The second kappa shape index (κ2) is 5.64. The predicted molar refractivity (Wildman–Crippen MR) is 74.3 cm³/mol. The molecule has 6 heteroatoms. The number of ether oxygens (including phenoxy) is 1. The van der Waals surface area contributed by atoms with E-state index in [1.165, 1.54) is 7.11 Å². The van der Waals surface area contributed by atoms with Crippen LogP contribution < -0.4 is 4.90 Å². The summed E-state index contributed by atoms with van der Waals surface area (Å²) in [5, 5.41) is 4.31. The van der Waals surface area contributed by atoms with Crippen LogP contribution in [0.1, 0.15) is 33.2 Å². The van der Waals surface area contributed by atoms with Crippen LogP contribution in [0, 0.1) is 11.8 Å². The Bertz CT molecular complexity index is 510. The number of esters is 1. The first-order chi connectivity index (χ1) is 9.45. The van der Waals surface area contributed by atoms with Crippen LogP contribution >= 0.6 is 0 Å². The number of methoxy groups -OCH3 is 1. The number of aromatic nitrogens is 2. The molecule has 0 radical (unpaired) electrons. The van der Waals surface area contributed by atoms with Gasteiger partial charge >= 0.3 is 5.97 Å². The molecule has 1 fully saturated rings. The van der Waals surface area contributed by atoms with Gasteiger partial charge in [0.1, 0.15) is 5.82 Å². The van der Waals surface area contributed by atoms with E-state index >= 15 is 0 Å². The molecule has 1 aromatic rings. The molecule has 0 saturated carbocycles. The fourth-order valence-electron chi connectivity index (χ4n) is 2.37. The van der Waals surface area contributed by atoms with Gasteiger partial charge in [0.15, 0.2) is 0 Å². The highest BCUT2D eigenvalue weighted by Crippen LogP contribution is 2.29. The Balaban J connectivity index is 2.23. The molecular formula is C14H21N3O3. The van der Waals surface area contributed by atoms with Crippen molar-refractivity contribution in [2.45, 2.75) is 33.2 Å². The summed E-state index contributed by atoms with van der Waals surface area (Å²) in [4.78, 5) is 25.3.